The first-order valence-electron chi connectivity index (χ1n) is 5.48. The van der Waals surface area contributed by atoms with E-state index in [0.29, 0.717) is 11.0 Å². The number of sulfonamides is 1. The van der Waals surface area contributed by atoms with Gasteiger partial charge in [-0.1, -0.05) is 15.9 Å². The van der Waals surface area contributed by atoms with Gasteiger partial charge in [-0.05, 0) is 37.3 Å². The zero-order chi connectivity index (χ0) is 13.4. The van der Waals surface area contributed by atoms with Crippen LogP contribution in [-0.4, -0.2) is 26.0 Å². The average Bonchev–Trinajstić information content (AvgIpc) is 3.11. The highest BCUT2D eigenvalue weighted by molar-refractivity contribution is 9.10. The van der Waals surface area contributed by atoms with Gasteiger partial charge in [0.15, 0.2) is 0 Å². The van der Waals surface area contributed by atoms with Gasteiger partial charge in [0, 0.05) is 15.8 Å². The fourth-order valence-corrected chi connectivity index (χ4v) is 4.25. The molecule has 100 valence electrons. The van der Waals surface area contributed by atoms with Crippen molar-refractivity contribution < 1.29 is 8.42 Å². The fraction of sp³-hybridized carbons (Fsp3) is 0.455. The summed E-state index contributed by atoms with van der Waals surface area (Å²) >= 11 is 4.97. The second-order valence-electron chi connectivity index (χ2n) is 4.39. The van der Waals surface area contributed by atoms with Crippen LogP contribution in [0.25, 0.3) is 0 Å². The summed E-state index contributed by atoms with van der Waals surface area (Å²) in [4.78, 5) is 0.133. The Hall–Kier alpha value is -0.240. The van der Waals surface area contributed by atoms with Crippen molar-refractivity contribution in [3.05, 3.63) is 22.7 Å². The second kappa shape index (κ2) is 5.03. The van der Waals surface area contributed by atoms with E-state index in [1.807, 2.05) is 6.26 Å². The number of thioether (sulfide) groups is 1. The van der Waals surface area contributed by atoms with Crippen LogP contribution in [0.2, 0.25) is 0 Å². The molecule has 0 aromatic heterocycles. The quantitative estimate of drug-likeness (QED) is 0.798. The number of hydrogen-bond donors (Lipinski definition) is 2. The molecule has 1 aromatic rings. The van der Waals surface area contributed by atoms with Crippen LogP contribution >= 0.6 is 27.7 Å². The van der Waals surface area contributed by atoms with Crippen molar-refractivity contribution in [1.29, 1.82) is 0 Å². The van der Waals surface area contributed by atoms with Crippen molar-refractivity contribution in [1.82, 2.24) is 4.72 Å². The summed E-state index contributed by atoms with van der Waals surface area (Å²) < 4.78 is 27.8. The number of hydrogen-bond acceptors (Lipinski definition) is 4. The Kier molecular flexibility index (Phi) is 3.96. The molecular formula is C11H15BrN2O2S2. The summed E-state index contributed by atoms with van der Waals surface area (Å²) in [5.74, 6) is 0. The molecule has 1 aliphatic rings. The minimum absolute atomic E-state index is 0.0911. The second-order valence-corrected chi connectivity index (χ2v) is 8.32. The Bertz CT molecular complexity index is 556. The lowest BCUT2D eigenvalue weighted by Gasteiger charge is -2.14. The number of rotatable bonds is 5. The Morgan fingerprint density at radius 3 is 2.72 bits per heavy atom. The van der Waals surface area contributed by atoms with Crippen molar-refractivity contribution in [2.45, 2.75) is 22.5 Å². The van der Waals surface area contributed by atoms with E-state index >= 15 is 0 Å². The molecule has 2 rings (SSSR count). The van der Waals surface area contributed by atoms with E-state index in [9.17, 15) is 8.42 Å². The van der Waals surface area contributed by atoms with Crippen molar-refractivity contribution in [2.24, 2.45) is 0 Å². The van der Waals surface area contributed by atoms with Gasteiger partial charge < -0.3 is 5.73 Å². The molecule has 0 atom stereocenters. The first-order chi connectivity index (χ1) is 8.38. The van der Waals surface area contributed by atoms with E-state index in [2.05, 4.69) is 20.7 Å². The lowest BCUT2D eigenvalue weighted by molar-refractivity contribution is 0.580. The number of nitrogen functional groups attached to an aromatic ring is 1. The molecule has 1 fully saturated rings. The molecule has 3 N–H and O–H groups in total. The van der Waals surface area contributed by atoms with Gasteiger partial charge in [-0.3, -0.25) is 0 Å². The molecule has 0 amide bonds. The molecular weight excluding hydrogens is 336 g/mol. The van der Waals surface area contributed by atoms with E-state index < -0.39 is 10.0 Å². The molecule has 0 saturated heterocycles. The van der Waals surface area contributed by atoms with E-state index in [1.165, 1.54) is 6.07 Å². The van der Waals surface area contributed by atoms with E-state index in [-0.39, 0.29) is 15.3 Å². The Morgan fingerprint density at radius 2 is 2.17 bits per heavy atom. The van der Waals surface area contributed by atoms with Crippen LogP contribution < -0.4 is 10.5 Å². The molecule has 7 heteroatoms. The lowest BCUT2D eigenvalue weighted by Crippen LogP contribution is -2.32. The maximum atomic E-state index is 12.2. The van der Waals surface area contributed by atoms with Crippen molar-refractivity contribution in [2.75, 3.05) is 18.5 Å². The summed E-state index contributed by atoms with van der Waals surface area (Å²) in [6.45, 7) is 0.461. The number of nitrogens with one attached hydrogen (secondary N) is 1. The molecule has 0 bridgehead atoms. The molecule has 18 heavy (non-hydrogen) atoms. The molecule has 1 aromatic carbocycles. The molecule has 0 heterocycles. The normalized spacial score (nSPS) is 17.7. The summed E-state index contributed by atoms with van der Waals surface area (Å²) in [5, 5.41) is 0. The van der Waals surface area contributed by atoms with Crippen LogP contribution in [0, 0.1) is 0 Å². The molecule has 1 aliphatic carbocycles. The first-order valence-corrected chi connectivity index (χ1v) is 8.98. The number of nitrogens with two attached hydrogens (primary N) is 1. The highest BCUT2D eigenvalue weighted by Gasteiger charge is 2.42. The zero-order valence-electron chi connectivity index (χ0n) is 9.94. The smallest absolute Gasteiger partial charge is 0.242 e. The van der Waals surface area contributed by atoms with E-state index in [0.717, 1.165) is 12.8 Å². The van der Waals surface area contributed by atoms with Crippen molar-refractivity contribution in [3.8, 4) is 0 Å². The maximum absolute atomic E-state index is 12.2. The van der Waals surface area contributed by atoms with Crippen LogP contribution in [0.15, 0.2) is 27.6 Å². The lowest BCUT2D eigenvalue weighted by atomic mass is 10.3. The van der Waals surface area contributed by atoms with Crippen molar-refractivity contribution >= 4 is 43.4 Å². The number of benzene rings is 1. The predicted octanol–water partition coefficient (Wildman–Crippen LogP) is 2.21. The minimum Gasteiger partial charge on any atom is -0.398 e. The third-order valence-electron chi connectivity index (χ3n) is 3.09. The SMILES string of the molecule is CSC1(CNS(=O)(=O)c2cc(Br)ccc2N)CC1. The fourth-order valence-electron chi connectivity index (χ4n) is 1.64. The van der Waals surface area contributed by atoms with Gasteiger partial charge in [0.05, 0.1) is 5.69 Å². The molecule has 0 unspecified atom stereocenters. The number of anilines is 1. The van der Waals surface area contributed by atoms with Gasteiger partial charge in [-0.15, -0.1) is 0 Å². The van der Waals surface area contributed by atoms with Gasteiger partial charge >= 0.3 is 0 Å². The van der Waals surface area contributed by atoms with E-state index in [4.69, 9.17) is 5.73 Å². The minimum atomic E-state index is -3.54. The van der Waals surface area contributed by atoms with Crippen LogP contribution in [0.3, 0.4) is 0 Å². The summed E-state index contributed by atoms with van der Waals surface area (Å²) in [6, 6.07) is 4.83. The Labute approximate surface area is 120 Å². The number of halogens is 1. The molecule has 1 saturated carbocycles. The Morgan fingerprint density at radius 1 is 1.50 bits per heavy atom. The summed E-state index contributed by atoms with van der Waals surface area (Å²) in [6.07, 6.45) is 4.13. The average molecular weight is 351 g/mol. The van der Waals surface area contributed by atoms with E-state index in [1.54, 1.807) is 23.9 Å². The highest BCUT2D eigenvalue weighted by atomic mass is 79.9. The van der Waals surface area contributed by atoms with Gasteiger partial charge in [0.2, 0.25) is 10.0 Å². The standard InChI is InChI=1S/C11H15BrN2O2S2/c1-17-11(4-5-11)7-14-18(15,16)10-6-8(12)2-3-9(10)13/h2-3,6,14H,4-5,7,13H2,1H3. The zero-order valence-corrected chi connectivity index (χ0v) is 13.2. The topological polar surface area (TPSA) is 72.2 Å². The van der Waals surface area contributed by atoms with Crippen LogP contribution in [0.5, 0.6) is 0 Å². The third-order valence-corrected chi connectivity index (χ3v) is 6.46. The summed E-state index contributed by atoms with van der Waals surface area (Å²) in [5.41, 5.74) is 5.98. The summed E-state index contributed by atoms with van der Waals surface area (Å²) in [7, 11) is -3.54. The van der Waals surface area contributed by atoms with Gasteiger partial charge in [0.25, 0.3) is 0 Å². The van der Waals surface area contributed by atoms with Gasteiger partial charge in [-0.2, -0.15) is 11.8 Å². The maximum Gasteiger partial charge on any atom is 0.242 e. The first kappa shape index (κ1) is 14.2. The van der Waals surface area contributed by atoms with Crippen molar-refractivity contribution in [3.63, 3.8) is 0 Å². The molecule has 0 radical (unpaired) electrons. The third kappa shape index (κ3) is 3.01. The van der Waals surface area contributed by atoms with Crippen LogP contribution in [0.1, 0.15) is 12.8 Å². The van der Waals surface area contributed by atoms with Crippen LogP contribution in [0.4, 0.5) is 5.69 Å². The predicted molar refractivity (Wildman–Crippen MR) is 79.2 cm³/mol. The monoisotopic (exact) mass is 350 g/mol. The Balaban J connectivity index is 2.18. The largest absolute Gasteiger partial charge is 0.398 e. The molecule has 4 nitrogen and oxygen atoms in total. The van der Waals surface area contributed by atoms with Crippen LogP contribution in [-0.2, 0) is 10.0 Å². The molecule has 0 aliphatic heterocycles. The molecule has 0 spiro atoms. The van der Waals surface area contributed by atoms with Gasteiger partial charge in [0.1, 0.15) is 4.90 Å². The highest BCUT2D eigenvalue weighted by Crippen LogP contribution is 2.46. The van der Waals surface area contributed by atoms with Gasteiger partial charge in [-0.25, -0.2) is 13.1 Å².